The summed E-state index contributed by atoms with van der Waals surface area (Å²) in [6.07, 6.45) is 1.55. The van der Waals surface area contributed by atoms with Crippen LogP contribution in [0.4, 0.5) is 5.69 Å². The van der Waals surface area contributed by atoms with Crippen molar-refractivity contribution in [2.75, 3.05) is 11.4 Å². The van der Waals surface area contributed by atoms with Gasteiger partial charge in [0.2, 0.25) is 0 Å². The van der Waals surface area contributed by atoms with Crippen LogP contribution in [0, 0.1) is 20.8 Å². The number of carboxylic acids is 1. The molecule has 106 valence electrons. The highest BCUT2D eigenvalue weighted by atomic mass is 16.4. The van der Waals surface area contributed by atoms with Crippen LogP contribution < -0.4 is 4.90 Å². The lowest BCUT2D eigenvalue weighted by molar-refractivity contribution is -0.138. The predicted octanol–water partition coefficient (Wildman–Crippen LogP) is 3.69. The van der Waals surface area contributed by atoms with E-state index in [9.17, 15) is 9.90 Å². The smallest absolute Gasteiger partial charge is 0.326 e. The zero-order valence-corrected chi connectivity index (χ0v) is 12.7. The SMILES string of the molecule is CCCN(c1c(C)cc(C)cc1C)[C@@H](CC)C(=O)O. The molecule has 0 saturated heterocycles. The van der Waals surface area contributed by atoms with Crippen LogP contribution >= 0.6 is 0 Å². The van der Waals surface area contributed by atoms with E-state index >= 15 is 0 Å². The third kappa shape index (κ3) is 3.49. The molecule has 0 unspecified atom stereocenters. The fourth-order valence-corrected chi connectivity index (χ4v) is 2.82. The molecule has 0 aliphatic rings. The van der Waals surface area contributed by atoms with Gasteiger partial charge in [-0.15, -0.1) is 0 Å². The number of rotatable bonds is 6. The summed E-state index contributed by atoms with van der Waals surface area (Å²) in [4.78, 5) is 13.5. The topological polar surface area (TPSA) is 40.5 Å². The van der Waals surface area contributed by atoms with Crippen molar-refractivity contribution in [2.24, 2.45) is 0 Å². The summed E-state index contributed by atoms with van der Waals surface area (Å²) >= 11 is 0. The number of hydrogen-bond acceptors (Lipinski definition) is 2. The molecule has 0 saturated carbocycles. The van der Waals surface area contributed by atoms with Crippen LogP contribution in [0.25, 0.3) is 0 Å². The van der Waals surface area contributed by atoms with Gasteiger partial charge < -0.3 is 10.0 Å². The van der Waals surface area contributed by atoms with Gasteiger partial charge in [-0.25, -0.2) is 4.79 Å². The molecule has 1 atom stereocenters. The lowest BCUT2D eigenvalue weighted by Crippen LogP contribution is -2.42. The molecule has 19 heavy (non-hydrogen) atoms. The number of carbonyl (C=O) groups is 1. The number of hydrogen-bond donors (Lipinski definition) is 1. The number of aliphatic carboxylic acids is 1. The Labute approximate surface area is 116 Å². The minimum absolute atomic E-state index is 0.444. The fourth-order valence-electron chi connectivity index (χ4n) is 2.82. The van der Waals surface area contributed by atoms with E-state index in [-0.39, 0.29) is 0 Å². The van der Waals surface area contributed by atoms with E-state index < -0.39 is 12.0 Å². The van der Waals surface area contributed by atoms with Gasteiger partial charge in [0.1, 0.15) is 6.04 Å². The van der Waals surface area contributed by atoms with Crippen molar-refractivity contribution in [1.29, 1.82) is 0 Å². The van der Waals surface area contributed by atoms with E-state index in [1.165, 1.54) is 5.56 Å². The Morgan fingerprint density at radius 3 is 2.11 bits per heavy atom. The normalized spacial score (nSPS) is 12.3. The lowest BCUT2D eigenvalue weighted by Gasteiger charge is -2.33. The van der Waals surface area contributed by atoms with Crippen LogP contribution in [0.15, 0.2) is 12.1 Å². The average Bonchev–Trinajstić information content (AvgIpc) is 2.27. The monoisotopic (exact) mass is 263 g/mol. The summed E-state index contributed by atoms with van der Waals surface area (Å²) < 4.78 is 0. The molecule has 3 nitrogen and oxygen atoms in total. The first kappa shape index (κ1) is 15.5. The highest BCUT2D eigenvalue weighted by Gasteiger charge is 2.25. The Balaban J connectivity index is 3.30. The van der Waals surface area contributed by atoms with Gasteiger partial charge in [0, 0.05) is 12.2 Å². The van der Waals surface area contributed by atoms with Crippen LogP contribution in [0.2, 0.25) is 0 Å². The number of benzene rings is 1. The first-order valence-corrected chi connectivity index (χ1v) is 6.99. The fraction of sp³-hybridized carbons (Fsp3) is 0.562. The summed E-state index contributed by atoms with van der Waals surface area (Å²) in [5.74, 6) is -0.740. The van der Waals surface area contributed by atoms with Crippen LogP contribution in [-0.2, 0) is 4.79 Å². The minimum atomic E-state index is -0.740. The molecule has 0 aromatic heterocycles. The molecule has 0 amide bonds. The van der Waals surface area contributed by atoms with E-state index in [4.69, 9.17) is 0 Å². The van der Waals surface area contributed by atoms with E-state index in [0.717, 1.165) is 29.8 Å². The van der Waals surface area contributed by atoms with Crippen molar-refractivity contribution in [3.63, 3.8) is 0 Å². The van der Waals surface area contributed by atoms with E-state index in [2.05, 4.69) is 39.8 Å². The molecule has 1 aromatic rings. The van der Waals surface area contributed by atoms with Gasteiger partial charge in [-0.05, 0) is 44.7 Å². The largest absolute Gasteiger partial charge is 0.480 e. The number of carboxylic acid groups (broad SMARTS) is 1. The van der Waals surface area contributed by atoms with Crippen LogP contribution in [0.1, 0.15) is 43.4 Å². The maximum absolute atomic E-state index is 11.5. The minimum Gasteiger partial charge on any atom is -0.480 e. The first-order chi connectivity index (χ1) is 8.92. The van der Waals surface area contributed by atoms with Crippen molar-refractivity contribution < 1.29 is 9.90 Å². The second-order valence-corrected chi connectivity index (χ2v) is 5.20. The second-order valence-electron chi connectivity index (χ2n) is 5.20. The van der Waals surface area contributed by atoms with Crippen molar-refractivity contribution in [1.82, 2.24) is 0 Å². The van der Waals surface area contributed by atoms with E-state index in [0.29, 0.717) is 6.42 Å². The zero-order chi connectivity index (χ0) is 14.6. The maximum Gasteiger partial charge on any atom is 0.326 e. The zero-order valence-electron chi connectivity index (χ0n) is 12.7. The molecule has 0 aliphatic heterocycles. The van der Waals surface area contributed by atoms with E-state index in [1.807, 2.05) is 11.8 Å². The summed E-state index contributed by atoms with van der Waals surface area (Å²) in [6.45, 7) is 11.0. The Kier molecular flexibility index (Phi) is 5.40. The molecule has 1 aromatic carbocycles. The molecule has 0 bridgehead atoms. The number of nitrogens with zero attached hydrogens (tertiary/aromatic N) is 1. The molecule has 1 N–H and O–H groups in total. The van der Waals surface area contributed by atoms with Crippen molar-refractivity contribution in [2.45, 2.75) is 53.5 Å². The third-order valence-corrected chi connectivity index (χ3v) is 3.44. The molecule has 0 heterocycles. The quantitative estimate of drug-likeness (QED) is 0.851. The molecule has 0 fully saturated rings. The van der Waals surface area contributed by atoms with Crippen LogP contribution in [0.3, 0.4) is 0 Å². The third-order valence-electron chi connectivity index (χ3n) is 3.44. The van der Waals surface area contributed by atoms with Crippen LogP contribution in [-0.4, -0.2) is 23.7 Å². The van der Waals surface area contributed by atoms with Gasteiger partial charge in [-0.2, -0.15) is 0 Å². The molecule has 3 heteroatoms. The highest BCUT2D eigenvalue weighted by Crippen LogP contribution is 2.29. The summed E-state index contributed by atoms with van der Waals surface area (Å²) in [6, 6.07) is 3.80. The van der Waals surface area contributed by atoms with Gasteiger partial charge in [-0.1, -0.05) is 31.5 Å². The molecular weight excluding hydrogens is 238 g/mol. The van der Waals surface area contributed by atoms with E-state index in [1.54, 1.807) is 0 Å². The Morgan fingerprint density at radius 1 is 1.21 bits per heavy atom. The number of anilines is 1. The van der Waals surface area contributed by atoms with Gasteiger partial charge >= 0.3 is 5.97 Å². The Hall–Kier alpha value is -1.51. The van der Waals surface area contributed by atoms with Crippen molar-refractivity contribution >= 4 is 11.7 Å². The summed E-state index contributed by atoms with van der Waals surface area (Å²) in [5, 5.41) is 9.43. The summed E-state index contributed by atoms with van der Waals surface area (Å²) in [7, 11) is 0. The van der Waals surface area contributed by atoms with Crippen molar-refractivity contribution in [3.8, 4) is 0 Å². The maximum atomic E-state index is 11.5. The van der Waals surface area contributed by atoms with Crippen molar-refractivity contribution in [3.05, 3.63) is 28.8 Å². The molecule has 1 rings (SSSR count). The van der Waals surface area contributed by atoms with Gasteiger partial charge in [0.25, 0.3) is 0 Å². The first-order valence-electron chi connectivity index (χ1n) is 6.99. The number of aryl methyl sites for hydroxylation is 3. The highest BCUT2D eigenvalue weighted by molar-refractivity contribution is 5.79. The Bertz CT molecular complexity index is 431. The van der Waals surface area contributed by atoms with Gasteiger partial charge in [0.15, 0.2) is 0 Å². The Morgan fingerprint density at radius 2 is 1.74 bits per heavy atom. The summed E-state index contributed by atoms with van der Waals surface area (Å²) in [5.41, 5.74) is 4.62. The van der Waals surface area contributed by atoms with Crippen LogP contribution in [0.5, 0.6) is 0 Å². The lowest BCUT2D eigenvalue weighted by atomic mass is 10.0. The van der Waals surface area contributed by atoms with Gasteiger partial charge in [-0.3, -0.25) is 0 Å². The average molecular weight is 263 g/mol. The van der Waals surface area contributed by atoms with Gasteiger partial charge in [0.05, 0.1) is 0 Å². The molecule has 0 aliphatic carbocycles. The molecular formula is C16H25NO2. The molecule has 0 spiro atoms. The standard InChI is InChI=1S/C16H25NO2/c1-6-8-17(14(7-2)16(18)19)15-12(4)9-11(3)10-13(15)5/h9-10,14H,6-8H2,1-5H3,(H,18,19)/t14-/m0/s1. The predicted molar refractivity (Wildman–Crippen MR) is 80.0 cm³/mol. The molecule has 0 radical (unpaired) electrons. The second kappa shape index (κ2) is 6.60.